The van der Waals surface area contributed by atoms with Crippen molar-refractivity contribution < 1.29 is 9.47 Å². The zero-order chi connectivity index (χ0) is 13.5. The molecule has 0 heterocycles. The summed E-state index contributed by atoms with van der Waals surface area (Å²) in [5, 5.41) is 8.67. The maximum atomic E-state index is 8.67. The molecule has 0 saturated heterocycles. The number of hydrogen-bond donors (Lipinski definition) is 1. The first-order chi connectivity index (χ1) is 9.28. The number of nitriles is 1. The molecule has 4 heteroatoms. The summed E-state index contributed by atoms with van der Waals surface area (Å²) in [6, 6.07) is 16.3. The average molecular weight is 254 g/mol. The fourth-order valence-electron chi connectivity index (χ4n) is 1.55. The molecule has 0 saturated carbocycles. The van der Waals surface area contributed by atoms with Gasteiger partial charge in [-0.1, -0.05) is 6.07 Å². The molecule has 0 aromatic heterocycles. The first-order valence-corrected chi connectivity index (χ1v) is 5.89. The predicted molar refractivity (Wildman–Crippen MR) is 73.0 cm³/mol. The number of hydrogen-bond acceptors (Lipinski definition) is 4. The number of nitrogen functional groups attached to an aromatic ring is 1. The van der Waals surface area contributed by atoms with E-state index in [4.69, 9.17) is 20.5 Å². The summed E-state index contributed by atoms with van der Waals surface area (Å²) in [7, 11) is 0. The molecule has 0 spiro atoms. The number of nitrogens with zero attached hydrogens (tertiary/aromatic N) is 1. The van der Waals surface area contributed by atoms with Gasteiger partial charge in [-0.2, -0.15) is 5.26 Å². The minimum atomic E-state index is 0.431. The Morgan fingerprint density at radius 2 is 1.63 bits per heavy atom. The molecule has 0 fully saturated rings. The Morgan fingerprint density at radius 3 is 2.26 bits per heavy atom. The third-order valence-electron chi connectivity index (χ3n) is 2.46. The number of rotatable bonds is 5. The topological polar surface area (TPSA) is 68.3 Å². The molecule has 0 aliphatic carbocycles. The molecule has 2 rings (SSSR count). The molecule has 2 N–H and O–H groups in total. The van der Waals surface area contributed by atoms with Crippen LogP contribution in [0.3, 0.4) is 0 Å². The van der Waals surface area contributed by atoms with E-state index in [1.807, 2.05) is 12.1 Å². The van der Waals surface area contributed by atoms with Gasteiger partial charge in [0.1, 0.15) is 24.7 Å². The Kier molecular flexibility index (Phi) is 4.25. The van der Waals surface area contributed by atoms with E-state index in [0.29, 0.717) is 24.5 Å². The monoisotopic (exact) mass is 254 g/mol. The van der Waals surface area contributed by atoms with Gasteiger partial charge in [0, 0.05) is 11.8 Å². The van der Waals surface area contributed by atoms with Gasteiger partial charge in [-0.3, -0.25) is 0 Å². The van der Waals surface area contributed by atoms with Crippen LogP contribution in [0.4, 0.5) is 5.69 Å². The first-order valence-electron chi connectivity index (χ1n) is 5.89. The molecule has 0 unspecified atom stereocenters. The number of nitrogens with two attached hydrogens (primary N) is 1. The van der Waals surface area contributed by atoms with E-state index in [9.17, 15) is 0 Å². The average Bonchev–Trinajstić information content (AvgIpc) is 2.44. The van der Waals surface area contributed by atoms with Crippen LogP contribution >= 0.6 is 0 Å². The van der Waals surface area contributed by atoms with Crippen molar-refractivity contribution in [2.75, 3.05) is 18.9 Å². The lowest BCUT2D eigenvalue weighted by Crippen LogP contribution is -2.09. The summed E-state index contributed by atoms with van der Waals surface area (Å²) in [5.41, 5.74) is 6.93. The normalized spacial score (nSPS) is 9.63. The van der Waals surface area contributed by atoms with Gasteiger partial charge >= 0.3 is 0 Å². The molecule has 0 aliphatic rings. The summed E-state index contributed by atoms with van der Waals surface area (Å²) in [5.74, 6) is 1.44. The molecule has 0 radical (unpaired) electrons. The van der Waals surface area contributed by atoms with Gasteiger partial charge in [-0.25, -0.2) is 0 Å². The van der Waals surface area contributed by atoms with Crippen LogP contribution in [0.5, 0.6) is 11.5 Å². The first kappa shape index (κ1) is 12.8. The molecular formula is C15H14N2O2. The van der Waals surface area contributed by atoms with Gasteiger partial charge in [-0.15, -0.1) is 0 Å². The lowest BCUT2D eigenvalue weighted by molar-refractivity contribution is 0.217. The second-order valence-corrected chi connectivity index (χ2v) is 3.91. The summed E-state index contributed by atoms with van der Waals surface area (Å²) in [6.07, 6.45) is 0. The molecule has 2 aromatic rings. The number of benzene rings is 2. The Morgan fingerprint density at radius 1 is 0.947 bits per heavy atom. The fraction of sp³-hybridized carbons (Fsp3) is 0.133. The van der Waals surface area contributed by atoms with Crippen molar-refractivity contribution in [1.82, 2.24) is 0 Å². The molecule has 2 aromatic carbocycles. The van der Waals surface area contributed by atoms with E-state index in [-0.39, 0.29) is 0 Å². The number of anilines is 1. The van der Waals surface area contributed by atoms with E-state index >= 15 is 0 Å². The molecule has 0 bridgehead atoms. The highest BCUT2D eigenvalue weighted by Gasteiger charge is 1.97. The zero-order valence-electron chi connectivity index (χ0n) is 10.4. The van der Waals surface area contributed by atoms with Crippen LogP contribution in [-0.4, -0.2) is 13.2 Å². The van der Waals surface area contributed by atoms with Crippen LogP contribution in [0.15, 0.2) is 48.5 Å². The molecule has 96 valence electrons. The van der Waals surface area contributed by atoms with Crippen LogP contribution in [0.1, 0.15) is 5.56 Å². The van der Waals surface area contributed by atoms with E-state index in [2.05, 4.69) is 6.07 Å². The quantitative estimate of drug-likeness (QED) is 0.657. The zero-order valence-corrected chi connectivity index (χ0v) is 10.4. The smallest absolute Gasteiger partial charge is 0.122 e. The van der Waals surface area contributed by atoms with Crippen LogP contribution in [0.2, 0.25) is 0 Å². The van der Waals surface area contributed by atoms with Gasteiger partial charge in [0.25, 0.3) is 0 Å². The summed E-state index contributed by atoms with van der Waals surface area (Å²) in [4.78, 5) is 0. The fourth-order valence-corrected chi connectivity index (χ4v) is 1.55. The van der Waals surface area contributed by atoms with Gasteiger partial charge in [-0.05, 0) is 36.4 Å². The van der Waals surface area contributed by atoms with Crippen molar-refractivity contribution in [1.29, 1.82) is 5.26 Å². The van der Waals surface area contributed by atoms with Crippen molar-refractivity contribution in [2.24, 2.45) is 0 Å². The van der Waals surface area contributed by atoms with Crippen molar-refractivity contribution in [2.45, 2.75) is 0 Å². The largest absolute Gasteiger partial charge is 0.490 e. The second kappa shape index (κ2) is 6.31. The maximum absolute atomic E-state index is 8.67. The molecule has 0 aliphatic heterocycles. The highest BCUT2D eigenvalue weighted by molar-refractivity contribution is 5.43. The van der Waals surface area contributed by atoms with E-state index in [0.717, 1.165) is 11.5 Å². The Labute approximate surface area is 112 Å². The number of ether oxygens (including phenoxy) is 2. The summed E-state index contributed by atoms with van der Waals surface area (Å²) < 4.78 is 11.0. The summed E-state index contributed by atoms with van der Waals surface area (Å²) >= 11 is 0. The van der Waals surface area contributed by atoms with Crippen LogP contribution < -0.4 is 15.2 Å². The summed E-state index contributed by atoms with van der Waals surface area (Å²) in [6.45, 7) is 0.865. The van der Waals surface area contributed by atoms with E-state index in [1.54, 1.807) is 36.4 Å². The lowest BCUT2D eigenvalue weighted by atomic mass is 10.2. The van der Waals surface area contributed by atoms with Crippen LogP contribution in [-0.2, 0) is 0 Å². The Hall–Kier alpha value is -2.67. The third kappa shape index (κ3) is 3.93. The highest BCUT2D eigenvalue weighted by atomic mass is 16.5. The van der Waals surface area contributed by atoms with Crippen molar-refractivity contribution in [3.63, 3.8) is 0 Å². The Balaban J connectivity index is 1.76. The van der Waals surface area contributed by atoms with Crippen LogP contribution in [0.25, 0.3) is 0 Å². The maximum Gasteiger partial charge on any atom is 0.122 e. The predicted octanol–water partition coefficient (Wildman–Crippen LogP) is 2.60. The molecule has 4 nitrogen and oxygen atoms in total. The van der Waals surface area contributed by atoms with Gasteiger partial charge in [0.15, 0.2) is 0 Å². The van der Waals surface area contributed by atoms with E-state index < -0.39 is 0 Å². The molecular weight excluding hydrogens is 240 g/mol. The van der Waals surface area contributed by atoms with E-state index in [1.165, 1.54) is 0 Å². The minimum absolute atomic E-state index is 0.431. The SMILES string of the molecule is N#Cc1ccc(OCCOc2cccc(N)c2)cc1. The van der Waals surface area contributed by atoms with Gasteiger partial charge in [0.05, 0.1) is 11.6 Å². The van der Waals surface area contributed by atoms with Gasteiger partial charge in [0.2, 0.25) is 0 Å². The third-order valence-corrected chi connectivity index (χ3v) is 2.46. The highest BCUT2D eigenvalue weighted by Crippen LogP contribution is 2.15. The Bertz CT molecular complexity index is 573. The molecule has 0 atom stereocenters. The van der Waals surface area contributed by atoms with Crippen molar-refractivity contribution >= 4 is 5.69 Å². The lowest BCUT2D eigenvalue weighted by Gasteiger charge is -2.08. The molecule has 0 amide bonds. The van der Waals surface area contributed by atoms with Gasteiger partial charge < -0.3 is 15.2 Å². The molecule has 19 heavy (non-hydrogen) atoms. The minimum Gasteiger partial charge on any atom is -0.490 e. The van der Waals surface area contributed by atoms with Crippen LogP contribution in [0, 0.1) is 11.3 Å². The van der Waals surface area contributed by atoms with Crippen molar-refractivity contribution in [3.05, 3.63) is 54.1 Å². The standard InChI is InChI=1S/C15H14N2O2/c16-11-12-4-6-14(7-5-12)18-8-9-19-15-3-1-2-13(17)10-15/h1-7,10H,8-9,17H2. The second-order valence-electron chi connectivity index (χ2n) is 3.91. The van der Waals surface area contributed by atoms with Crippen molar-refractivity contribution in [3.8, 4) is 17.6 Å².